The third kappa shape index (κ3) is 7.10. The predicted octanol–water partition coefficient (Wildman–Crippen LogP) is 2.80. The van der Waals surface area contributed by atoms with Gasteiger partial charge in [-0.15, -0.1) is 0 Å². The molecule has 0 aliphatic carbocycles. The van der Waals surface area contributed by atoms with Gasteiger partial charge in [0.2, 0.25) is 0 Å². The quantitative estimate of drug-likeness (QED) is 0.683. The lowest BCUT2D eigenvalue weighted by Crippen LogP contribution is -2.30. The Labute approximate surface area is 122 Å². The summed E-state index contributed by atoms with van der Waals surface area (Å²) in [7, 11) is -2.84. The fourth-order valence-corrected chi connectivity index (χ4v) is 3.06. The molecule has 0 amide bonds. The van der Waals surface area contributed by atoms with E-state index in [1.54, 1.807) is 13.2 Å². The molecule has 4 nitrogen and oxygen atoms in total. The second-order valence-corrected chi connectivity index (χ2v) is 7.62. The van der Waals surface area contributed by atoms with E-state index in [1.807, 2.05) is 12.1 Å². The van der Waals surface area contributed by atoms with Gasteiger partial charge in [0.05, 0.1) is 12.0 Å². The van der Waals surface area contributed by atoms with Crippen LogP contribution in [0, 0.1) is 0 Å². The Kier molecular flexibility index (Phi) is 7.92. The third-order valence-electron chi connectivity index (χ3n) is 3.45. The van der Waals surface area contributed by atoms with Crippen LogP contribution in [0.25, 0.3) is 0 Å². The van der Waals surface area contributed by atoms with Gasteiger partial charge in [0.15, 0.2) is 0 Å². The van der Waals surface area contributed by atoms with Crippen molar-refractivity contribution in [3.63, 3.8) is 0 Å². The molecule has 5 heteroatoms. The van der Waals surface area contributed by atoms with Crippen molar-refractivity contribution >= 4 is 9.84 Å². The van der Waals surface area contributed by atoms with Gasteiger partial charge in [0.1, 0.15) is 15.6 Å². The number of sulfone groups is 1. The first kappa shape index (κ1) is 17.2. The van der Waals surface area contributed by atoms with Crippen LogP contribution in [0.3, 0.4) is 0 Å². The molecule has 1 N–H and O–H groups in total. The van der Waals surface area contributed by atoms with Gasteiger partial charge >= 0.3 is 0 Å². The summed E-state index contributed by atoms with van der Waals surface area (Å²) in [4.78, 5) is 0. The normalized spacial score (nSPS) is 13.5. The van der Waals surface area contributed by atoms with Crippen molar-refractivity contribution in [2.45, 2.75) is 52.0 Å². The molecule has 0 bridgehead atoms. The zero-order valence-corrected chi connectivity index (χ0v) is 13.4. The molecule has 0 aliphatic rings. The Balaban J connectivity index is 2.35. The van der Waals surface area contributed by atoms with Crippen LogP contribution in [0.5, 0.6) is 0 Å². The van der Waals surface area contributed by atoms with Crippen LogP contribution in [0.15, 0.2) is 22.8 Å². The molecule has 1 rings (SSSR count). The summed E-state index contributed by atoms with van der Waals surface area (Å²) in [5.41, 5.74) is 0. The number of furan rings is 1. The van der Waals surface area contributed by atoms with E-state index in [-0.39, 0.29) is 5.75 Å². The van der Waals surface area contributed by atoms with Crippen LogP contribution < -0.4 is 5.32 Å². The van der Waals surface area contributed by atoms with E-state index in [9.17, 15) is 8.42 Å². The number of hydrogen-bond donors (Lipinski definition) is 1. The Morgan fingerprint density at radius 2 is 2.10 bits per heavy atom. The molecule has 0 spiro atoms. The molecular formula is C15H27NO3S. The van der Waals surface area contributed by atoms with Crippen LogP contribution in [-0.4, -0.2) is 32.5 Å². The molecule has 20 heavy (non-hydrogen) atoms. The van der Waals surface area contributed by atoms with Gasteiger partial charge in [-0.25, -0.2) is 8.42 Å². The first-order valence-electron chi connectivity index (χ1n) is 7.53. The maximum absolute atomic E-state index is 11.5. The summed E-state index contributed by atoms with van der Waals surface area (Å²) in [6, 6.07) is 4.25. The Bertz CT molecular complexity index is 440. The van der Waals surface area contributed by atoms with Crippen LogP contribution in [0.1, 0.15) is 45.3 Å². The molecule has 0 saturated heterocycles. The Morgan fingerprint density at radius 3 is 2.70 bits per heavy atom. The lowest BCUT2D eigenvalue weighted by atomic mass is 10.1. The maximum Gasteiger partial charge on any atom is 0.150 e. The zero-order valence-electron chi connectivity index (χ0n) is 12.6. The van der Waals surface area contributed by atoms with Crippen molar-refractivity contribution in [3.8, 4) is 0 Å². The highest BCUT2D eigenvalue weighted by Crippen LogP contribution is 2.10. The highest BCUT2D eigenvalue weighted by molar-refractivity contribution is 7.91. The molecule has 1 heterocycles. The summed E-state index contributed by atoms with van der Waals surface area (Å²) in [6.45, 7) is 4.82. The monoisotopic (exact) mass is 301 g/mol. The van der Waals surface area contributed by atoms with E-state index in [2.05, 4.69) is 12.2 Å². The largest absolute Gasteiger partial charge is 0.469 e. The van der Waals surface area contributed by atoms with Crippen LogP contribution >= 0.6 is 0 Å². The summed E-state index contributed by atoms with van der Waals surface area (Å²) >= 11 is 0. The van der Waals surface area contributed by atoms with Crippen LogP contribution in [0.4, 0.5) is 0 Å². The van der Waals surface area contributed by atoms with E-state index < -0.39 is 9.84 Å². The number of rotatable bonds is 11. The highest BCUT2D eigenvalue weighted by Gasteiger charge is 2.12. The van der Waals surface area contributed by atoms with Gasteiger partial charge < -0.3 is 9.73 Å². The first-order chi connectivity index (χ1) is 9.57. The fourth-order valence-electron chi connectivity index (χ4n) is 2.16. The molecule has 0 fully saturated rings. The highest BCUT2D eigenvalue weighted by atomic mass is 32.2. The van der Waals surface area contributed by atoms with Gasteiger partial charge in [0.25, 0.3) is 0 Å². The number of nitrogens with one attached hydrogen (secondary N) is 1. The molecular weight excluding hydrogens is 274 g/mol. The summed E-state index contributed by atoms with van der Waals surface area (Å²) < 4.78 is 28.3. The van der Waals surface area contributed by atoms with Gasteiger partial charge in [0, 0.05) is 18.2 Å². The predicted molar refractivity (Wildman–Crippen MR) is 82.7 cm³/mol. The van der Waals surface area contributed by atoms with Gasteiger partial charge in [-0.2, -0.15) is 0 Å². The summed E-state index contributed by atoms with van der Waals surface area (Å²) in [5.74, 6) is 1.54. The maximum atomic E-state index is 11.5. The lowest BCUT2D eigenvalue weighted by molar-refractivity contribution is 0.422. The number of hydrogen-bond acceptors (Lipinski definition) is 4. The Morgan fingerprint density at radius 1 is 1.30 bits per heavy atom. The topological polar surface area (TPSA) is 59.3 Å². The van der Waals surface area contributed by atoms with Crippen molar-refractivity contribution in [2.24, 2.45) is 0 Å². The smallest absolute Gasteiger partial charge is 0.150 e. The van der Waals surface area contributed by atoms with Crippen molar-refractivity contribution < 1.29 is 12.8 Å². The standard InChI is InChI=1S/C15H27NO3S/c1-3-11-16-14(7-6-13-20(17,18)4-2)9-10-15-8-5-12-19-15/h5,8,12,14,16H,3-4,6-7,9-11,13H2,1-2H3. The van der Waals surface area contributed by atoms with Gasteiger partial charge in [-0.05, 0) is 44.4 Å². The second-order valence-electron chi connectivity index (χ2n) is 5.15. The van der Waals surface area contributed by atoms with E-state index in [1.165, 1.54) is 0 Å². The van der Waals surface area contributed by atoms with E-state index in [0.29, 0.717) is 11.8 Å². The molecule has 0 saturated carbocycles. The average molecular weight is 301 g/mol. The average Bonchev–Trinajstić information content (AvgIpc) is 2.94. The first-order valence-corrected chi connectivity index (χ1v) is 9.35. The third-order valence-corrected chi connectivity index (χ3v) is 5.24. The minimum atomic E-state index is -2.84. The SMILES string of the molecule is CCCNC(CCCS(=O)(=O)CC)CCc1ccco1. The lowest BCUT2D eigenvalue weighted by Gasteiger charge is -2.18. The minimum Gasteiger partial charge on any atom is -0.469 e. The van der Waals surface area contributed by atoms with Crippen molar-refractivity contribution in [2.75, 3.05) is 18.1 Å². The summed E-state index contributed by atoms with van der Waals surface area (Å²) in [6.07, 6.45) is 6.30. The van der Waals surface area contributed by atoms with E-state index >= 15 is 0 Å². The molecule has 0 radical (unpaired) electrons. The van der Waals surface area contributed by atoms with Gasteiger partial charge in [-0.1, -0.05) is 13.8 Å². The van der Waals surface area contributed by atoms with Crippen LogP contribution in [-0.2, 0) is 16.3 Å². The van der Waals surface area contributed by atoms with Crippen LogP contribution in [0.2, 0.25) is 0 Å². The minimum absolute atomic E-state index is 0.243. The molecule has 1 aromatic rings. The molecule has 0 aliphatic heterocycles. The number of aryl methyl sites for hydroxylation is 1. The molecule has 1 atom stereocenters. The van der Waals surface area contributed by atoms with Crippen molar-refractivity contribution in [3.05, 3.63) is 24.2 Å². The molecule has 1 aromatic heterocycles. The molecule has 116 valence electrons. The molecule has 0 aromatic carbocycles. The van der Waals surface area contributed by atoms with Crippen molar-refractivity contribution in [1.82, 2.24) is 5.32 Å². The molecule has 1 unspecified atom stereocenters. The van der Waals surface area contributed by atoms with E-state index in [4.69, 9.17) is 4.42 Å². The summed E-state index contributed by atoms with van der Waals surface area (Å²) in [5, 5.41) is 3.50. The van der Waals surface area contributed by atoms with E-state index in [0.717, 1.165) is 44.4 Å². The van der Waals surface area contributed by atoms with Crippen molar-refractivity contribution in [1.29, 1.82) is 0 Å². The zero-order chi connectivity index (χ0) is 14.8. The fraction of sp³-hybridized carbons (Fsp3) is 0.733. The second kappa shape index (κ2) is 9.19. The Hall–Kier alpha value is -0.810. The van der Waals surface area contributed by atoms with Gasteiger partial charge in [-0.3, -0.25) is 0 Å².